The van der Waals surface area contributed by atoms with Crippen LogP contribution in [0, 0.1) is 0 Å². The molecule has 152 valence electrons. The summed E-state index contributed by atoms with van der Waals surface area (Å²) in [6, 6.07) is 0. The van der Waals surface area contributed by atoms with Gasteiger partial charge in [-0.3, -0.25) is 14.4 Å². The van der Waals surface area contributed by atoms with Crippen LogP contribution in [-0.4, -0.2) is 48.4 Å². The SMILES string of the molecule is CCCCOC(=O)CC(O)(CC(=O)OCCCC)CC(=O)OCCCC. The van der Waals surface area contributed by atoms with Gasteiger partial charge in [-0.2, -0.15) is 0 Å². The smallest absolute Gasteiger partial charge is 0.308 e. The first-order valence-corrected chi connectivity index (χ1v) is 9.56. The Balaban J connectivity index is 4.74. The monoisotopic (exact) mass is 374 g/mol. The number of esters is 3. The van der Waals surface area contributed by atoms with Gasteiger partial charge in [0.2, 0.25) is 0 Å². The van der Waals surface area contributed by atoms with E-state index in [1.165, 1.54) is 0 Å². The molecule has 0 heterocycles. The fourth-order valence-electron chi connectivity index (χ4n) is 2.14. The van der Waals surface area contributed by atoms with Gasteiger partial charge in [-0.05, 0) is 19.3 Å². The second-order valence-corrected chi connectivity index (χ2v) is 6.48. The van der Waals surface area contributed by atoms with Crippen molar-refractivity contribution in [2.75, 3.05) is 19.8 Å². The maximum atomic E-state index is 11.9. The molecule has 1 N–H and O–H groups in total. The van der Waals surface area contributed by atoms with E-state index in [1.54, 1.807) is 0 Å². The summed E-state index contributed by atoms with van der Waals surface area (Å²) in [5.41, 5.74) is -1.87. The van der Waals surface area contributed by atoms with E-state index < -0.39 is 42.8 Å². The van der Waals surface area contributed by atoms with Crippen molar-refractivity contribution in [2.24, 2.45) is 0 Å². The maximum Gasteiger partial charge on any atom is 0.308 e. The molecule has 26 heavy (non-hydrogen) atoms. The van der Waals surface area contributed by atoms with Crippen molar-refractivity contribution in [2.45, 2.75) is 84.2 Å². The van der Waals surface area contributed by atoms with Gasteiger partial charge in [0.15, 0.2) is 0 Å². The standard InChI is InChI=1S/C19H34O7/c1-4-7-10-24-16(20)13-19(23,14-17(21)25-11-8-5-2)15-18(22)26-12-9-6-3/h23H,4-15H2,1-3H3. The summed E-state index contributed by atoms with van der Waals surface area (Å²) in [6.07, 6.45) is 3.36. The molecule has 0 saturated heterocycles. The van der Waals surface area contributed by atoms with E-state index in [0.717, 1.165) is 19.3 Å². The van der Waals surface area contributed by atoms with Crippen molar-refractivity contribution < 1.29 is 33.7 Å². The van der Waals surface area contributed by atoms with Crippen LogP contribution in [0.25, 0.3) is 0 Å². The van der Waals surface area contributed by atoms with Gasteiger partial charge < -0.3 is 19.3 Å². The average molecular weight is 374 g/mol. The minimum atomic E-state index is -1.87. The lowest BCUT2D eigenvalue weighted by molar-refractivity contribution is -0.161. The van der Waals surface area contributed by atoms with Gasteiger partial charge in [0.1, 0.15) is 0 Å². The molecule has 7 heteroatoms. The van der Waals surface area contributed by atoms with Gasteiger partial charge in [0, 0.05) is 0 Å². The number of carbonyl (C=O) groups excluding carboxylic acids is 3. The van der Waals surface area contributed by atoms with Crippen molar-refractivity contribution >= 4 is 17.9 Å². The molecular formula is C19H34O7. The van der Waals surface area contributed by atoms with Crippen molar-refractivity contribution in [1.29, 1.82) is 0 Å². The predicted octanol–water partition coefficient (Wildman–Crippen LogP) is 2.92. The van der Waals surface area contributed by atoms with Crippen LogP contribution in [0.1, 0.15) is 78.6 Å². The molecule has 0 radical (unpaired) electrons. The van der Waals surface area contributed by atoms with Gasteiger partial charge in [-0.1, -0.05) is 40.0 Å². The molecule has 0 aliphatic heterocycles. The Hall–Kier alpha value is -1.63. The lowest BCUT2D eigenvalue weighted by Gasteiger charge is -2.25. The molecule has 0 unspecified atom stereocenters. The summed E-state index contributed by atoms with van der Waals surface area (Å²) < 4.78 is 15.1. The Morgan fingerprint density at radius 3 is 1.15 bits per heavy atom. The summed E-state index contributed by atoms with van der Waals surface area (Å²) in [7, 11) is 0. The van der Waals surface area contributed by atoms with E-state index in [2.05, 4.69) is 0 Å². The molecule has 0 spiro atoms. The van der Waals surface area contributed by atoms with Gasteiger partial charge >= 0.3 is 17.9 Å². The van der Waals surface area contributed by atoms with E-state index in [-0.39, 0.29) is 19.8 Å². The van der Waals surface area contributed by atoms with Crippen LogP contribution in [0.5, 0.6) is 0 Å². The second-order valence-electron chi connectivity index (χ2n) is 6.48. The normalized spacial score (nSPS) is 11.1. The Labute approximate surface area is 156 Å². The molecule has 0 fully saturated rings. The Bertz CT molecular complexity index is 360. The molecule has 0 bridgehead atoms. The third kappa shape index (κ3) is 12.7. The maximum absolute atomic E-state index is 11.9. The molecule has 7 nitrogen and oxygen atoms in total. The molecule has 0 aromatic carbocycles. The van der Waals surface area contributed by atoms with Crippen LogP contribution < -0.4 is 0 Å². The highest BCUT2D eigenvalue weighted by atomic mass is 16.5. The number of hydrogen-bond donors (Lipinski definition) is 1. The Kier molecular flexibility index (Phi) is 13.6. The van der Waals surface area contributed by atoms with Gasteiger partial charge in [0.05, 0.1) is 44.7 Å². The van der Waals surface area contributed by atoms with Crippen LogP contribution in [0.4, 0.5) is 0 Å². The molecule has 0 aromatic heterocycles. The molecule has 0 aliphatic carbocycles. The zero-order valence-electron chi connectivity index (χ0n) is 16.4. The molecule has 0 atom stereocenters. The van der Waals surface area contributed by atoms with Crippen molar-refractivity contribution in [3.8, 4) is 0 Å². The number of aliphatic hydroxyl groups is 1. The number of hydrogen-bond acceptors (Lipinski definition) is 7. The fraction of sp³-hybridized carbons (Fsp3) is 0.842. The Morgan fingerprint density at radius 2 is 0.923 bits per heavy atom. The molecule has 0 aliphatic rings. The first kappa shape index (κ1) is 24.4. The summed E-state index contributed by atoms with van der Waals surface area (Å²) in [5, 5.41) is 10.7. The molecule has 0 rings (SSSR count). The lowest BCUT2D eigenvalue weighted by atomic mass is 9.91. The lowest BCUT2D eigenvalue weighted by Crippen LogP contribution is -2.38. The van der Waals surface area contributed by atoms with E-state index in [9.17, 15) is 19.5 Å². The van der Waals surface area contributed by atoms with Crippen LogP contribution in [0.15, 0.2) is 0 Å². The molecule has 0 saturated carbocycles. The quantitative estimate of drug-likeness (QED) is 0.267. The number of unbranched alkanes of at least 4 members (excludes halogenated alkanes) is 3. The van der Waals surface area contributed by atoms with Gasteiger partial charge in [-0.25, -0.2) is 0 Å². The van der Waals surface area contributed by atoms with Crippen molar-refractivity contribution in [3.63, 3.8) is 0 Å². The zero-order valence-corrected chi connectivity index (χ0v) is 16.4. The summed E-state index contributed by atoms with van der Waals surface area (Å²) >= 11 is 0. The van der Waals surface area contributed by atoms with Crippen molar-refractivity contribution in [3.05, 3.63) is 0 Å². The first-order chi connectivity index (χ1) is 12.4. The van der Waals surface area contributed by atoms with Crippen LogP contribution in [0.2, 0.25) is 0 Å². The van der Waals surface area contributed by atoms with E-state index in [0.29, 0.717) is 19.3 Å². The second kappa shape index (κ2) is 14.5. The van der Waals surface area contributed by atoms with Crippen molar-refractivity contribution in [1.82, 2.24) is 0 Å². The highest BCUT2D eigenvalue weighted by Crippen LogP contribution is 2.23. The minimum Gasteiger partial charge on any atom is -0.466 e. The summed E-state index contributed by atoms with van der Waals surface area (Å²) in [6.45, 7) is 6.61. The van der Waals surface area contributed by atoms with E-state index in [1.807, 2.05) is 20.8 Å². The molecule has 0 aromatic rings. The fourth-order valence-corrected chi connectivity index (χ4v) is 2.14. The predicted molar refractivity (Wildman–Crippen MR) is 96.4 cm³/mol. The third-order valence-corrected chi connectivity index (χ3v) is 3.70. The average Bonchev–Trinajstić information content (AvgIpc) is 2.55. The number of rotatable bonds is 15. The summed E-state index contributed by atoms with van der Waals surface area (Å²) in [5.74, 6) is -1.95. The largest absolute Gasteiger partial charge is 0.466 e. The van der Waals surface area contributed by atoms with Crippen LogP contribution >= 0.6 is 0 Å². The number of ether oxygens (including phenoxy) is 3. The van der Waals surface area contributed by atoms with E-state index in [4.69, 9.17) is 14.2 Å². The summed E-state index contributed by atoms with van der Waals surface area (Å²) in [4.78, 5) is 35.8. The highest BCUT2D eigenvalue weighted by Gasteiger charge is 2.37. The van der Waals surface area contributed by atoms with Gasteiger partial charge in [0.25, 0.3) is 0 Å². The van der Waals surface area contributed by atoms with Crippen LogP contribution in [0.3, 0.4) is 0 Å². The van der Waals surface area contributed by atoms with Gasteiger partial charge in [-0.15, -0.1) is 0 Å². The zero-order chi connectivity index (χ0) is 19.8. The third-order valence-electron chi connectivity index (χ3n) is 3.70. The number of carbonyl (C=O) groups is 3. The molecular weight excluding hydrogens is 340 g/mol. The van der Waals surface area contributed by atoms with E-state index >= 15 is 0 Å². The highest BCUT2D eigenvalue weighted by molar-refractivity contribution is 5.78. The topological polar surface area (TPSA) is 99.1 Å². The Morgan fingerprint density at radius 1 is 0.654 bits per heavy atom. The van der Waals surface area contributed by atoms with Crippen LogP contribution in [-0.2, 0) is 28.6 Å². The first-order valence-electron chi connectivity index (χ1n) is 9.56. The molecule has 0 amide bonds. The minimum absolute atomic E-state index is 0.243.